The molecule has 1 amide bonds. The van der Waals surface area contributed by atoms with Crippen molar-refractivity contribution < 1.29 is 9.53 Å². The van der Waals surface area contributed by atoms with Crippen LogP contribution in [-0.2, 0) is 11.3 Å². The molecule has 146 valence electrons. The van der Waals surface area contributed by atoms with Gasteiger partial charge in [0.05, 0.1) is 18.1 Å². The summed E-state index contributed by atoms with van der Waals surface area (Å²) in [6.45, 7) is 6.60. The molecule has 5 nitrogen and oxygen atoms in total. The van der Waals surface area contributed by atoms with Crippen LogP contribution >= 0.6 is 11.8 Å². The van der Waals surface area contributed by atoms with E-state index in [1.165, 1.54) is 31.4 Å². The molecular weight excluding hydrogens is 358 g/mol. The second-order valence-electron chi connectivity index (χ2n) is 7.16. The second-order valence-corrected chi connectivity index (χ2v) is 8.47. The number of imidazole rings is 1. The van der Waals surface area contributed by atoms with Crippen LogP contribution in [-0.4, -0.2) is 27.8 Å². The van der Waals surface area contributed by atoms with E-state index < -0.39 is 0 Å². The molecule has 0 saturated heterocycles. The summed E-state index contributed by atoms with van der Waals surface area (Å²) in [6.07, 6.45) is 4.97. The molecule has 0 bridgehead atoms. The van der Waals surface area contributed by atoms with E-state index in [0.29, 0.717) is 12.6 Å². The summed E-state index contributed by atoms with van der Waals surface area (Å²) in [5, 5.41) is 3.79. The Bertz CT molecular complexity index is 797. The lowest BCUT2D eigenvalue weighted by Crippen LogP contribution is -2.30. The van der Waals surface area contributed by atoms with Crippen molar-refractivity contribution in [3.05, 3.63) is 41.2 Å². The van der Waals surface area contributed by atoms with Gasteiger partial charge in [0, 0.05) is 23.8 Å². The number of carbonyl (C=O) groups is 1. The van der Waals surface area contributed by atoms with Gasteiger partial charge in [-0.1, -0.05) is 42.8 Å². The number of hydrogen-bond acceptors (Lipinski definition) is 4. The molecule has 1 aromatic heterocycles. The Labute approximate surface area is 165 Å². The number of methoxy groups -OCH3 is 1. The Balaban J connectivity index is 1.65. The first-order valence-corrected chi connectivity index (χ1v) is 10.5. The normalized spacial score (nSPS) is 15.7. The predicted octanol–water partition coefficient (Wildman–Crippen LogP) is 4.42. The first-order valence-electron chi connectivity index (χ1n) is 9.63. The third-order valence-electron chi connectivity index (χ3n) is 5.34. The largest absolute Gasteiger partial charge is 0.496 e. The predicted molar refractivity (Wildman–Crippen MR) is 109 cm³/mol. The minimum atomic E-state index is -0.207. The molecular formula is C21H29N3O2S. The molecule has 1 fully saturated rings. The van der Waals surface area contributed by atoms with Gasteiger partial charge in [0.15, 0.2) is 5.16 Å². The molecule has 0 radical (unpaired) electrons. The van der Waals surface area contributed by atoms with Gasteiger partial charge >= 0.3 is 0 Å². The number of amides is 1. The summed E-state index contributed by atoms with van der Waals surface area (Å²) in [5.74, 6) is 0.809. The maximum atomic E-state index is 12.6. The van der Waals surface area contributed by atoms with Crippen molar-refractivity contribution in [3.8, 4) is 5.75 Å². The Morgan fingerprint density at radius 2 is 2.04 bits per heavy atom. The molecule has 27 heavy (non-hydrogen) atoms. The average Bonchev–Trinajstić information content (AvgIpc) is 3.28. The summed E-state index contributed by atoms with van der Waals surface area (Å²) in [4.78, 5) is 17.4. The van der Waals surface area contributed by atoms with E-state index in [2.05, 4.69) is 23.7 Å². The highest BCUT2D eigenvalue weighted by Gasteiger charge is 2.25. The number of benzene rings is 1. The summed E-state index contributed by atoms with van der Waals surface area (Å²) in [6, 6.07) is 8.28. The van der Waals surface area contributed by atoms with Crippen molar-refractivity contribution >= 4 is 17.7 Å². The number of aromatic nitrogens is 2. The fourth-order valence-corrected chi connectivity index (χ4v) is 4.75. The highest BCUT2D eigenvalue weighted by atomic mass is 32.2. The molecule has 1 aromatic carbocycles. The molecule has 1 atom stereocenters. The van der Waals surface area contributed by atoms with Crippen molar-refractivity contribution in [1.82, 2.24) is 14.9 Å². The van der Waals surface area contributed by atoms with Gasteiger partial charge in [0.25, 0.3) is 0 Å². The first kappa shape index (κ1) is 19.8. The van der Waals surface area contributed by atoms with Crippen molar-refractivity contribution in [3.63, 3.8) is 0 Å². The Kier molecular flexibility index (Phi) is 6.47. The Hall–Kier alpha value is -1.95. The molecule has 1 heterocycles. The van der Waals surface area contributed by atoms with Crippen molar-refractivity contribution in [2.45, 2.75) is 69.4 Å². The van der Waals surface area contributed by atoms with Crippen LogP contribution in [0.4, 0.5) is 0 Å². The molecule has 1 unspecified atom stereocenters. The van der Waals surface area contributed by atoms with E-state index in [1.54, 1.807) is 18.9 Å². The molecule has 6 heteroatoms. The van der Waals surface area contributed by atoms with Crippen molar-refractivity contribution in [2.75, 3.05) is 7.11 Å². The number of hydrogen-bond donors (Lipinski definition) is 1. The van der Waals surface area contributed by atoms with E-state index >= 15 is 0 Å². The van der Waals surface area contributed by atoms with Crippen LogP contribution in [0.3, 0.4) is 0 Å². The number of nitrogens with zero attached hydrogens (tertiary/aromatic N) is 2. The fraction of sp³-hybridized carbons (Fsp3) is 0.524. The summed E-state index contributed by atoms with van der Waals surface area (Å²) in [7, 11) is 1.65. The molecule has 1 N–H and O–H groups in total. The van der Waals surface area contributed by atoms with E-state index in [1.807, 2.05) is 31.2 Å². The lowest BCUT2D eigenvalue weighted by Gasteiger charge is -2.19. The smallest absolute Gasteiger partial charge is 0.233 e. The molecule has 1 saturated carbocycles. The lowest BCUT2D eigenvalue weighted by molar-refractivity contribution is -0.120. The van der Waals surface area contributed by atoms with Crippen LogP contribution in [0.25, 0.3) is 0 Å². The van der Waals surface area contributed by atoms with E-state index in [4.69, 9.17) is 9.72 Å². The number of rotatable bonds is 7. The summed E-state index contributed by atoms with van der Waals surface area (Å²) in [5.41, 5.74) is 3.27. The van der Waals surface area contributed by atoms with Gasteiger partial charge in [-0.15, -0.1) is 0 Å². The number of para-hydroxylation sites is 1. The SMILES string of the molecule is COc1ccccc1CNC(=O)C(C)Sc1nc(C)c(C)n1C1CCCC1. The monoisotopic (exact) mass is 387 g/mol. The number of aryl methyl sites for hydroxylation is 1. The molecule has 0 spiro atoms. The van der Waals surface area contributed by atoms with Gasteiger partial charge in [0.2, 0.25) is 5.91 Å². The minimum Gasteiger partial charge on any atom is -0.496 e. The Morgan fingerprint density at radius 1 is 1.33 bits per heavy atom. The Morgan fingerprint density at radius 3 is 2.74 bits per heavy atom. The lowest BCUT2D eigenvalue weighted by atomic mass is 10.2. The van der Waals surface area contributed by atoms with Crippen LogP contribution in [0.2, 0.25) is 0 Å². The van der Waals surface area contributed by atoms with Gasteiger partial charge in [-0.2, -0.15) is 0 Å². The molecule has 1 aliphatic rings. The van der Waals surface area contributed by atoms with Crippen LogP contribution < -0.4 is 10.1 Å². The van der Waals surface area contributed by atoms with Gasteiger partial charge in [-0.05, 0) is 39.7 Å². The van der Waals surface area contributed by atoms with Crippen molar-refractivity contribution in [1.29, 1.82) is 0 Å². The molecule has 2 aromatic rings. The van der Waals surface area contributed by atoms with Crippen LogP contribution in [0.15, 0.2) is 29.4 Å². The average molecular weight is 388 g/mol. The van der Waals surface area contributed by atoms with Gasteiger partial charge < -0.3 is 14.6 Å². The highest BCUT2D eigenvalue weighted by molar-refractivity contribution is 8.00. The topological polar surface area (TPSA) is 56.1 Å². The third-order valence-corrected chi connectivity index (χ3v) is 6.41. The maximum Gasteiger partial charge on any atom is 0.233 e. The van der Waals surface area contributed by atoms with Crippen LogP contribution in [0.1, 0.15) is 55.6 Å². The second kappa shape index (κ2) is 8.83. The summed E-state index contributed by atoms with van der Waals surface area (Å²) < 4.78 is 7.71. The number of nitrogens with one attached hydrogen (secondary N) is 1. The highest BCUT2D eigenvalue weighted by Crippen LogP contribution is 2.36. The zero-order valence-corrected chi connectivity index (χ0v) is 17.4. The summed E-state index contributed by atoms with van der Waals surface area (Å²) >= 11 is 1.55. The van der Waals surface area contributed by atoms with Crippen molar-refractivity contribution in [2.24, 2.45) is 0 Å². The number of ether oxygens (including phenoxy) is 1. The standard InChI is InChI=1S/C21H29N3O2S/c1-14-15(2)24(18-10-6-7-11-18)21(23-14)27-16(3)20(25)22-13-17-9-5-8-12-19(17)26-4/h5,8-9,12,16,18H,6-7,10-11,13H2,1-4H3,(H,22,25). The maximum absolute atomic E-state index is 12.6. The van der Waals surface area contributed by atoms with Crippen LogP contribution in [0.5, 0.6) is 5.75 Å². The quantitative estimate of drug-likeness (QED) is 0.715. The van der Waals surface area contributed by atoms with Gasteiger partial charge in [-0.3, -0.25) is 4.79 Å². The van der Waals surface area contributed by atoms with Gasteiger partial charge in [0.1, 0.15) is 5.75 Å². The van der Waals surface area contributed by atoms with E-state index in [9.17, 15) is 4.79 Å². The van der Waals surface area contributed by atoms with E-state index in [-0.39, 0.29) is 11.2 Å². The minimum absolute atomic E-state index is 0.0159. The van der Waals surface area contributed by atoms with E-state index in [0.717, 1.165) is 22.2 Å². The zero-order valence-electron chi connectivity index (χ0n) is 16.6. The van der Waals surface area contributed by atoms with Crippen LogP contribution in [0, 0.1) is 13.8 Å². The fourth-order valence-electron chi connectivity index (χ4n) is 3.66. The molecule has 0 aliphatic heterocycles. The van der Waals surface area contributed by atoms with Gasteiger partial charge in [-0.25, -0.2) is 4.98 Å². The number of carbonyl (C=O) groups excluding carboxylic acids is 1. The number of thioether (sulfide) groups is 1. The molecule has 3 rings (SSSR count). The molecule has 1 aliphatic carbocycles. The third kappa shape index (κ3) is 4.49. The zero-order chi connectivity index (χ0) is 19.4. The first-order chi connectivity index (χ1) is 13.0.